The first-order valence-corrected chi connectivity index (χ1v) is 5.77. The molecule has 0 spiro atoms. The van der Waals surface area contributed by atoms with Crippen LogP contribution in [0.15, 0.2) is 34.4 Å². The van der Waals surface area contributed by atoms with Crippen LogP contribution in [0.1, 0.15) is 0 Å². The summed E-state index contributed by atoms with van der Waals surface area (Å²) in [6.07, 6.45) is 1.20. The molecule has 0 aliphatic heterocycles. The SMILES string of the molecule is N#CC(C#N)=CNN(Cl)c1ccc(Br)c(Cl)c1. The van der Waals surface area contributed by atoms with Crippen LogP contribution in [0.2, 0.25) is 5.02 Å². The average molecular weight is 332 g/mol. The molecule has 1 aromatic rings. The van der Waals surface area contributed by atoms with Crippen molar-refractivity contribution in [3.8, 4) is 12.1 Å². The first-order valence-electron chi connectivity index (χ1n) is 4.26. The Morgan fingerprint density at radius 1 is 1.41 bits per heavy atom. The lowest BCUT2D eigenvalue weighted by molar-refractivity contribution is 0.946. The van der Waals surface area contributed by atoms with Gasteiger partial charge in [0.1, 0.15) is 17.7 Å². The summed E-state index contributed by atoms with van der Waals surface area (Å²) in [5, 5.41) is 17.5. The van der Waals surface area contributed by atoms with Gasteiger partial charge >= 0.3 is 0 Å². The molecule has 7 heteroatoms. The fourth-order valence-electron chi connectivity index (χ4n) is 0.892. The Hall–Kier alpha value is -1.40. The lowest BCUT2D eigenvalue weighted by Crippen LogP contribution is -2.24. The number of benzene rings is 1. The summed E-state index contributed by atoms with van der Waals surface area (Å²) < 4.78 is 1.87. The van der Waals surface area contributed by atoms with Crippen LogP contribution >= 0.6 is 39.3 Å². The third-order valence-corrected chi connectivity index (χ3v) is 3.22. The first kappa shape index (κ1) is 13.7. The monoisotopic (exact) mass is 330 g/mol. The van der Waals surface area contributed by atoms with Crippen LogP contribution in [-0.2, 0) is 0 Å². The van der Waals surface area contributed by atoms with Crippen LogP contribution < -0.4 is 9.95 Å². The number of nitrogens with one attached hydrogen (secondary N) is 1. The largest absolute Gasteiger partial charge is 0.289 e. The second kappa shape index (κ2) is 6.36. The van der Waals surface area contributed by atoms with Crippen LogP contribution in [0.25, 0.3) is 0 Å². The molecule has 0 unspecified atom stereocenters. The van der Waals surface area contributed by atoms with E-state index in [4.69, 9.17) is 33.9 Å². The molecule has 0 saturated heterocycles. The van der Waals surface area contributed by atoms with Gasteiger partial charge in [0.05, 0.1) is 10.7 Å². The molecule has 0 bridgehead atoms. The number of hydrogen-bond acceptors (Lipinski definition) is 4. The smallest absolute Gasteiger partial charge is 0.147 e. The predicted octanol–water partition coefficient (Wildman–Crippen LogP) is 3.50. The highest BCUT2D eigenvalue weighted by atomic mass is 79.9. The van der Waals surface area contributed by atoms with Gasteiger partial charge in [-0.2, -0.15) is 15.1 Å². The maximum atomic E-state index is 8.52. The van der Waals surface area contributed by atoms with E-state index in [0.29, 0.717) is 10.7 Å². The molecule has 0 atom stereocenters. The Labute approximate surface area is 117 Å². The van der Waals surface area contributed by atoms with E-state index >= 15 is 0 Å². The number of allylic oxidation sites excluding steroid dienone is 1. The molecule has 0 amide bonds. The first-order chi connectivity index (χ1) is 8.08. The van der Waals surface area contributed by atoms with Crippen molar-refractivity contribution in [1.29, 1.82) is 10.5 Å². The molecule has 86 valence electrons. The summed E-state index contributed by atoms with van der Waals surface area (Å²) in [6.45, 7) is 0. The van der Waals surface area contributed by atoms with E-state index in [1.807, 2.05) is 0 Å². The van der Waals surface area contributed by atoms with Crippen molar-refractivity contribution >= 4 is 45.0 Å². The van der Waals surface area contributed by atoms with Gasteiger partial charge < -0.3 is 0 Å². The number of nitriles is 2. The number of hydrazine groups is 1. The summed E-state index contributed by atoms with van der Waals surface area (Å²) in [5.74, 6) is 0. The Bertz CT molecular complexity index is 514. The molecule has 0 aliphatic carbocycles. The van der Waals surface area contributed by atoms with Gasteiger partial charge in [-0.1, -0.05) is 11.6 Å². The minimum absolute atomic E-state index is 0.0844. The maximum Gasteiger partial charge on any atom is 0.147 e. The number of anilines is 1. The standard InChI is InChI=1S/C10H5BrCl2N4/c11-9-2-1-8(3-10(9)12)17(13)16-6-7(4-14)5-15/h1-3,6,16H. The maximum absolute atomic E-state index is 8.52. The van der Waals surface area contributed by atoms with Crippen molar-refractivity contribution in [1.82, 2.24) is 5.43 Å². The molecule has 0 saturated carbocycles. The Morgan fingerprint density at radius 2 is 2.06 bits per heavy atom. The highest BCUT2D eigenvalue weighted by Crippen LogP contribution is 2.27. The Balaban J connectivity index is 2.81. The van der Waals surface area contributed by atoms with Gasteiger partial charge in [-0.3, -0.25) is 5.43 Å². The second-order valence-electron chi connectivity index (χ2n) is 2.79. The minimum Gasteiger partial charge on any atom is -0.289 e. The molecule has 4 nitrogen and oxygen atoms in total. The lowest BCUT2D eigenvalue weighted by atomic mass is 10.3. The Kier molecular flexibility index (Phi) is 5.11. The molecule has 0 radical (unpaired) electrons. The molecule has 0 fully saturated rings. The summed E-state index contributed by atoms with van der Waals surface area (Å²) in [6, 6.07) is 8.46. The number of nitrogens with zero attached hydrogens (tertiary/aromatic N) is 3. The van der Waals surface area contributed by atoms with Crippen LogP contribution in [0.4, 0.5) is 5.69 Å². The van der Waals surface area contributed by atoms with Crippen LogP contribution in [0.5, 0.6) is 0 Å². The van der Waals surface area contributed by atoms with Crippen molar-refractivity contribution in [2.75, 3.05) is 4.53 Å². The minimum atomic E-state index is -0.0844. The zero-order valence-corrected chi connectivity index (χ0v) is 11.4. The molecular formula is C10H5BrCl2N4. The predicted molar refractivity (Wildman–Crippen MR) is 69.9 cm³/mol. The molecule has 17 heavy (non-hydrogen) atoms. The zero-order valence-electron chi connectivity index (χ0n) is 8.28. The highest BCUT2D eigenvalue weighted by Gasteiger charge is 2.04. The summed E-state index contributed by atoms with van der Waals surface area (Å²) in [4.78, 5) is 0. The van der Waals surface area contributed by atoms with Crippen LogP contribution in [0, 0.1) is 22.7 Å². The molecule has 0 aliphatic rings. The number of rotatable bonds is 3. The van der Waals surface area contributed by atoms with Crippen molar-refractivity contribution in [2.24, 2.45) is 0 Å². The van der Waals surface area contributed by atoms with Crippen molar-refractivity contribution in [3.63, 3.8) is 0 Å². The summed E-state index contributed by atoms with van der Waals surface area (Å²) in [5.41, 5.74) is 3.06. The Morgan fingerprint density at radius 3 is 2.59 bits per heavy atom. The fraction of sp³-hybridized carbons (Fsp3) is 0. The average Bonchev–Trinajstić information content (AvgIpc) is 2.33. The lowest BCUT2D eigenvalue weighted by Gasteiger charge is -2.15. The van der Waals surface area contributed by atoms with E-state index < -0.39 is 0 Å². The third-order valence-electron chi connectivity index (χ3n) is 1.69. The second-order valence-corrected chi connectivity index (χ2v) is 4.39. The molecule has 1 rings (SSSR count). The van der Waals surface area contributed by atoms with Gasteiger partial charge in [-0.15, -0.1) is 0 Å². The topological polar surface area (TPSA) is 62.9 Å². The molecular weight excluding hydrogens is 327 g/mol. The molecule has 1 aromatic carbocycles. The van der Waals surface area contributed by atoms with E-state index in [0.717, 1.165) is 9.00 Å². The van der Waals surface area contributed by atoms with Crippen molar-refractivity contribution in [3.05, 3.63) is 39.5 Å². The third kappa shape index (κ3) is 3.83. The van der Waals surface area contributed by atoms with E-state index in [-0.39, 0.29) is 5.57 Å². The van der Waals surface area contributed by atoms with E-state index in [1.165, 1.54) is 6.20 Å². The molecule has 0 aromatic heterocycles. The van der Waals surface area contributed by atoms with E-state index in [1.54, 1.807) is 30.3 Å². The zero-order chi connectivity index (χ0) is 12.8. The number of halogens is 3. The normalized spacial score (nSPS) is 8.76. The van der Waals surface area contributed by atoms with E-state index in [9.17, 15) is 0 Å². The summed E-state index contributed by atoms with van der Waals surface area (Å²) in [7, 11) is 0. The highest BCUT2D eigenvalue weighted by molar-refractivity contribution is 9.10. The van der Waals surface area contributed by atoms with Crippen molar-refractivity contribution < 1.29 is 0 Å². The summed E-state index contributed by atoms with van der Waals surface area (Å²) >= 11 is 15.0. The van der Waals surface area contributed by atoms with Gasteiger partial charge in [-0.25, -0.2) is 0 Å². The van der Waals surface area contributed by atoms with Gasteiger partial charge in [0, 0.05) is 22.4 Å². The van der Waals surface area contributed by atoms with Crippen molar-refractivity contribution in [2.45, 2.75) is 0 Å². The quantitative estimate of drug-likeness (QED) is 0.523. The van der Waals surface area contributed by atoms with Gasteiger partial charge in [0.15, 0.2) is 0 Å². The van der Waals surface area contributed by atoms with Gasteiger partial charge in [-0.05, 0) is 34.1 Å². The van der Waals surface area contributed by atoms with Crippen LogP contribution in [0.3, 0.4) is 0 Å². The molecule has 0 heterocycles. The molecule has 1 N–H and O–H groups in total. The fourth-order valence-corrected chi connectivity index (χ4v) is 1.47. The number of hydrogen-bond donors (Lipinski definition) is 1. The van der Waals surface area contributed by atoms with Gasteiger partial charge in [0.25, 0.3) is 0 Å². The van der Waals surface area contributed by atoms with Crippen LogP contribution in [-0.4, -0.2) is 0 Å². The van der Waals surface area contributed by atoms with Gasteiger partial charge in [0.2, 0.25) is 0 Å². The van der Waals surface area contributed by atoms with E-state index in [2.05, 4.69) is 21.4 Å².